The van der Waals surface area contributed by atoms with Gasteiger partial charge in [0.1, 0.15) is 0 Å². The number of fused-ring (bicyclic) bond motifs is 7. The predicted octanol–water partition coefficient (Wildman–Crippen LogP) is 14.6. The summed E-state index contributed by atoms with van der Waals surface area (Å²) >= 11 is 0.0775. The third kappa shape index (κ3) is 4.80. The summed E-state index contributed by atoms with van der Waals surface area (Å²) < 4.78 is 34.0. The Hall–Kier alpha value is -6.38. The van der Waals surface area contributed by atoms with Gasteiger partial charge in [0, 0.05) is 0 Å². The summed E-state index contributed by atoms with van der Waals surface area (Å²) in [6.07, 6.45) is 0. The third-order valence-electron chi connectivity index (χ3n) is 11.2. The molecule has 0 saturated carbocycles. The molecule has 11 rings (SSSR count). The second-order valence-electron chi connectivity index (χ2n) is 14.1. The first-order valence-corrected chi connectivity index (χ1v) is 20.2. The fourth-order valence-corrected chi connectivity index (χ4v) is 11.5. The maximum atomic E-state index is 15.7. The fourth-order valence-electron chi connectivity index (χ4n) is 9.04. The van der Waals surface area contributed by atoms with Gasteiger partial charge < -0.3 is 0 Å². The molecule has 1 heterocycles. The van der Waals surface area contributed by atoms with Crippen LogP contribution >= 0.6 is 0 Å². The van der Waals surface area contributed by atoms with Gasteiger partial charge in [0.25, 0.3) is 0 Å². The molecule has 0 spiro atoms. The van der Waals surface area contributed by atoms with Gasteiger partial charge in [-0.25, -0.2) is 0 Å². The van der Waals surface area contributed by atoms with Crippen molar-refractivity contribution in [2.45, 2.75) is 0 Å². The van der Waals surface area contributed by atoms with E-state index in [2.05, 4.69) is 127 Å². The van der Waals surface area contributed by atoms with E-state index in [0.29, 0.717) is 5.56 Å². The van der Waals surface area contributed by atoms with Gasteiger partial charge in [-0.3, -0.25) is 0 Å². The van der Waals surface area contributed by atoms with Gasteiger partial charge in [-0.1, -0.05) is 0 Å². The Bertz CT molecular complexity index is 3210. The van der Waals surface area contributed by atoms with Crippen LogP contribution in [0.25, 0.3) is 107 Å². The SMILES string of the molecule is Fc1cccc(F)c1-c1c2ccccc2c(-c2cccc3[se]c4cccc(-c5c6ccccc6c(-c6ccccc6)c6ccccc56)c4c23)c2ccccc12. The molecule has 0 bridgehead atoms. The van der Waals surface area contributed by atoms with E-state index in [1.165, 1.54) is 81.3 Å². The van der Waals surface area contributed by atoms with Crippen molar-refractivity contribution in [2.75, 3.05) is 0 Å². The standard InChI is InChI=1S/C52H30F2Se/c53-42-27-14-28-43(54)52(42)49-38-23-10-8-21-36(38)48(37-22-9-11-24-39(37)49)41-26-13-30-45-51(41)50-40(25-12-29-44(50)55-45)47-34-19-6-4-17-32(34)46(31-15-2-1-3-16-31)33-18-5-7-20-35(33)47/h1-30H. The molecule has 0 nitrogen and oxygen atoms in total. The summed E-state index contributed by atoms with van der Waals surface area (Å²) in [6.45, 7) is 0. The molecule has 0 unspecified atom stereocenters. The van der Waals surface area contributed by atoms with E-state index >= 15 is 8.78 Å². The Labute approximate surface area is 322 Å². The topological polar surface area (TPSA) is 0 Å². The van der Waals surface area contributed by atoms with Gasteiger partial charge in [0.05, 0.1) is 0 Å². The molecular formula is C52H30F2Se. The zero-order chi connectivity index (χ0) is 36.6. The van der Waals surface area contributed by atoms with Crippen LogP contribution in [0, 0.1) is 11.6 Å². The Morgan fingerprint density at radius 1 is 0.273 bits per heavy atom. The van der Waals surface area contributed by atoms with Gasteiger partial charge in [0.2, 0.25) is 0 Å². The first kappa shape index (κ1) is 32.1. The van der Waals surface area contributed by atoms with Crippen LogP contribution in [0.2, 0.25) is 0 Å². The molecule has 10 aromatic carbocycles. The van der Waals surface area contributed by atoms with Gasteiger partial charge in [-0.05, 0) is 0 Å². The molecule has 0 amide bonds. The maximum absolute atomic E-state index is 15.7. The van der Waals surface area contributed by atoms with Crippen molar-refractivity contribution < 1.29 is 8.78 Å². The van der Waals surface area contributed by atoms with Crippen molar-refractivity contribution in [2.24, 2.45) is 0 Å². The molecule has 0 fully saturated rings. The predicted molar refractivity (Wildman–Crippen MR) is 230 cm³/mol. The molecule has 0 aliphatic rings. The minimum absolute atomic E-state index is 0.00779. The van der Waals surface area contributed by atoms with Crippen LogP contribution in [0.3, 0.4) is 0 Å². The quantitative estimate of drug-likeness (QED) is 0.123. The average molecular weight is 772 g/mol. The van der Waals surface area contributed by atoms with Crippen molar-refractivity contribution in [1.82, 2.24) is 0 Å². The van der Waals surface area contributed by atoms with Crippen LogP contribution in [0.5, 0.6) is 0 Å². The first-order valence-electron chi connectivity index (χ1n) is 18.5. The molecule has 0 radical (unpaired) electrons. The number of rotatable bonds is 4. The van der Waals surface area contributed by atoms with Crippen LogP contribution in [0.1, 0.15) is 0 Å². The van der Waals surface area contributed by atoms with Crippen LogP contribution in [0.4, 0.5) is 8.78 Å². The van der Waals surface area contributed by atoms with Crippen LogP contribution < -0.4 is 0 Å². The molecule has 0 aliphatic carbocycles. The molecular weight excluding hydrogens is 742 g/mol. The van der Waals surface area contributed by atoms with Crippen molar-refractivity contribution in [3.8, 4) is 44.5 Å². The molecule has 0 N–H and O–H groups in total. The number of hydrogen-bond acceptors (Lipinski definition) is 0. The molecule has 55 heavy (non-hydrogen) atoms. The third-order valence-corrected chi connectivity index (χ3v) is 13.5. The summed E-state index contributed by atoms with van der Waals surface area (Å²) in [5.41, 5.74) is 7.71. The second-order valence-corrected chi connectivity index (χ2v) is 16.4. The summed E-state index contributed by atoms with van der Waals surface area (Å²) in [5, 5.41) is 11.0. The molecule has 11 aromatic rings. The van der Waals surface area contributed by atoms with Crippen molar-refractivity contribution in [3.05, 3.63) is 194 Å². The zero-order valence-electron chi connectivity index (χ0n) is 29.5. The molecule has 3 heteroatoms. The average Bonchev–Trinajstić information content (AvgIpc) is 3.62. The van der Waals surface area contributed by atoms with Gasteiger partial charge in [0.15, 0.2) is 0 Å². The van der Waals surface area contributed by atoms with Crippen molar-refractivity contribution in [3.63, 3.8) is 0 Å². The zero-order valence-corrected chi connectivity index (χ0v) is 31.2. The molecule has 0 aliphatic heterocycles. The molecule has 0 saturated heterocycles. The normalized spacial score (nSPS) is 11.8. The van der Waals surface area contributed by atoms with Crippen LogP contribution in [-0.2, 0) is 0 Å². The van der Waals surface area contributed by atoms with Gasteiger partial charge in [-0.2, -0.15) is 0 Å². The summed E-state index contributed by atoms with van der Waals surface area (Å²) in [5.74, 6) is -1.13. The summed E-state index contributed by atoms with van der Waals surface area (Å²) in [7, 11) is 0. The number of halogens is 2. The van der Waals surface area contributed by atoms with Crippen LogP contribution in [-0.4, -0.2) is 14.5 Å². The molecule has 258 valence electrons. The summed E-state index contributed by atoms with van der Waals surface area (Å²) in [4.78, 5) is 0. The van der Waals surface area contributed by atoms with Gasteiger partial charge >= 0.3 is 324 Å². The van der Waals surface area contributed by atoms with Crippen LogP contribution in [0.15, 0.2) is 182 Å². The van der Waals surface area contributed by atoms with E-state index in [-0.39, 0.29) is 20.1 Å². The van der Waals surface area contributed by atoms with Gasteiger partial charge in [-0.15, -0.1) is 0 Å². The minimum atomic E-state index is -0.567. The number of hydrogen-bond donors (Lipinski definition) is 0. The second kappa shape index (κ2) is 12.6. The Balaban J connectivity index is 1.29. The van der Waals surface area contributed by atoms with E-state index in [4.69, 9.17) is 0 Å². The Kier molecular flexibility index (Phi) is 7.35. The molecule has 1 aromatic heterocycles. The Morgan fingerprint density at radius 3 is 1.04 bits per heavy atom. The first-order chi connectivity index (χ1) is 27.2. The van der Waals surface area contributed by atoms with Crippen molar-refractivity contribution in [1.29, 1.82) is 0 Å². The fraction of sp³-hybridized carbons (Fsp3) is 0. The molecule has 0 atom stereocenters. The van der Waals surface area contributed by atoms with E-state index < -0.39 is 11.6 Å². The monoisotopic (exact) mass is 772 g/mol. The Morgan fingerprint density at radius 2 is 0.618 bits per heavy atom. The number of benzene rings is 10. The van der Waals surface area contributed by atoms with E-state index in [1.807, 2.05) is 36.4 Å². The van der Waals surface area contributed by atoms with E-state index in [0.717, 1.165) is 32.7 Å². The summed E-state index contributed by atoms with van der Waals surface area (Å²) in [6, 6.07) is 62.2. The van der Waals surface area contributed by atoms with E-state index in [1.54, 1.807) is 0 Å². The van der Waals surface area contributed by atoms with Crippen molar-refractivity contribution >= 4 is 76.9 Å². The van der Waals surface area contributed by atoms with E-state index in [9.17, 15) is 0 Å².